The van der Waals surface area contributed by atoms with Crippen molar-refractivity contribution < 1.29 is 29.3 Å². The molecule has 0 unspecified atom stereocenters. The summed E-state index contributed by atoms with van der Waals surface area (Å²) in [6.07, 6.45) is 10.9. The van der Waals surface area contributed by atoms with Crippen LogP contribution in [0.25, 0.3) is 0 Å². The van der Waals surface area contributed by atoms with E-state index in [1.54, 1.807) is 0 Å². The molecule has 4 rings (SSSR count). The second-order valence-electron chi connectivity index (χ2n) is 13.4. The number of carbonyl (C=O) groups is 2. The molecule has 3 aliphatic rings. The average Bonchev–Trinajstić information content (AvgIpc) is 3.28. The van der Waals surface area contributed by atoms with Gasteiger partial charge in [0.1, 0.15) is 6.17 Å². The highest BCUT2D eigenvalue weighted by atomic mass is 19.1. The molecular formula is C33H53FN2O5. The van der Waals surface area contributed by atoms with Crippen molar-refractivity contribution in [3.05, 3.63) is 22.5 Å². The van der Waals surface area contributed by atoms with Crippen molar-refractivity contribution in [2.45, 2.75) is 172 Å². The molecule has 4 N–H and O–H groups in total. The summed E-state index contributed by atoms with van der Waals surface area (Å²) in [5.41, 5.74) is 4.20. The van der Waals surface area contributed by atoms with Crippen molar-refractivity contribution in [3.63, 3.8) is 0 Å². The third-order valence-corrected chi connectivity index (χ3v) is 9.79. The lowest BCUT2D eigenvalue weighted by molar-refractivity contribution is -0.139. The molecule has 3 fully saturated rings. The summed E-state index contributed by atoms with van der Waals surface area (Å²) in [6, 6.07) is 0.196. The van der Waals surface area contributed by atoms with Crippen LogP contribution in [0.1, 0.15) is 168 Å². The second kappa shape index (κ2) is 15.0. The molecule has 8 heteroatoms. The number of alkyl halides is 1. The molecule has 0 saturated heterocycles. The van der Waals surface area contributed by atoms with E-state index in [1.165, 1.54) is 24.1 Å². The predicted octanol–water partition coefficient (Wildman–Crippen LogP) is 6.69. The maximum absolute atomic E-state index is 14.3. The molecule has 1 amide bonds. The summed E-state index contributed by atoms with van der Waals surface area (Å²) >= 11 is 0. The van der Waals surface area contributed by atoms with Crippen LogP contribution in [-0.4, -0.2) is 56.2 Å². The van der Waals surface area contributed by atoms with Gasteiger partial charge in [0, 0.05) is 24.0 Å². The number of aliphatic carboxylic acids is 1. The third-order valence-electron chi connectivity index (χ3n) is 9.79. The topological polar surface area (TPSA) is 112 Å². The van der Waals surface area contributed by atoms with Crippen LogP contribution in [0.5, 0.6) is 0 Å². The van der Waals surface area contributed by atoms with E-state index in [1.807, 2.05) is 0 Å². The maximum atomic E-state index is 14.3. The predicted molar refractivity (Wildman–Crippen MR) is 158 cm³/mol. The minimum atomic E-state index is -1.11. The van der Waals surface area contributed by atoms with E-state index in [9.17, 15) is 24.2 Å². The minimum Gasteiger partial charge on any atom is -0.481 e. The number of aliphatic hydroxyl groups excluding tert-OH is 2. The lowest BCUT2D eigenvalue weighted by Gasteiger charge is -2.31. The van der Waals surface area contributed by atoms with Crippen LogP contribution in [-0.2, 0) is 11.3 Å². The molecule has 232 valence electrons. The van der Waals surface area contributed by atoms with Gasteiger partial charge in [-0.2, -0.15) is 0 Å². The molecule has 0 aromatic carbocycles. The molecule has 2 atom stereocenters. The van der Waals surface area contributed by atoms with Gasteiger partial charge in [0.25, 0.3) is 5.91 Å². The summed E-state index contributed by atoms with van der Waals surface area (Å²) in [4.78, 5) is 25.3. The van der Waals surface area contributed by atoms with Gasteiger partial charge in [-0.25, -0.2) is 4.39 Å². The molecule has 1 aromatic heterocycles. The van der Waals surface area contributed by atoms with Gasteiger partial charge in [0.2, 0.25) is 0 Å². The largest absolute Gasteiger partial charge is 0.481 e. The van der Waals surface area contributed by atoms with E-state index >= 15 is 0 Å². The van der Waals surface area contributed by atoms with E-state index in [4.69, 9.17) is 5.11 Å². The fourth-order valence-electron chi connectivity index (χ4n) is 7.83. The van der Waals surface area contributed by atoms with Gasteiger partial charge in [-0.15, -0.1) is 0 Å². The maximum Gasteiger partial charge on any atom is 0.305 e. The smallest absolute Gasteiger partial charge is 0.305 e. The van der Waals surface area contributed by atoms with Crippen LogP contribution in [0, 0.1) is 0 Å². The molecule has 7 nitrogen and oxygen atoms in total. The SMILES string of the molecule is CC(C)c1c(C(=O)NC2CCCCC2)c(C2CCCCC2)c(C2CCC(F)CC2)n1CC[C@@H](O)C[C@@H](O)CC(=O)O. The Kier molecular flexibility index (Phi) is 11.7. The van der Waals surface area contributed by atoms with Gasteiger partial charge >= 0.3 is 5.97 Å². The summed E-state index contributed by atoms with van der Waals surface area (Å²) < 4.78 is 16.6. The first-order chi connectivity index (χ1) is 19.7. The van der Waals surface area contributed by atoms with E-state index in [-0.39, 0.29) is 30.2 Å². The summed E-state index contributed by atoms with van der Waals surface area (Å²) in [6.45, 7) is 4.74. The number of nitrogens with one attached hydrogen (secondary N) is 1. The minimum absolute atomic E-state index is 0.00260. The van der Waals surface area contributed by atoms with Gasteiger partial charge in [0.05, 0.1) is 24.2 Å². The number of aliphatic hydroxyl groups is 2. The number of amides is 1. The van der Waals surface area contributed by atoms with E-state index in [2.05, 4.69) is 23.7 Å². The molecule has 1 aromatic rings. The highest BCUT2D eigenvalue weighted by molar-refractivity contribution is 5.98. The molecule has 0 bridgehead atoms. The normalized spacial score (nSPS) is 24.3. The zero-order valence-electron chi connectivity index (χ0n) is 25.3. The highest BCUT2D eigenvalue weighted by Crippen LogP contribution is 2.47. The summed E-state index contributed by atoms with van der Waals surface area (Å²) in [5, 5.41) is 33.4. The third kappa shape index (κ3) is 8.34. The Morgan fingerprint density at radius 1 is 0.878 bits per heavy atom. The first-order valence-electron chi connectivity index (χ1n) is 16.4. The summed E-state index contributed by atoms with van der Waals surface area (Å²) in [5.74, 6) is -0.519. The molecular weight excluding hydrogens is 523 g/mol. The number of nitrogens with zero attached hydrogens (tertiary/aromatic N) is 1. The van der Waals surface area contributed by atoms with Crippen molar-refractivity contribution in [2.75, 3.05) is 0 Å². The molecule has 41 heavy (non-hydrogen) atoms. The van der Waals surface area contributed by atoms with Gasteiger partial charge < -0.3 is 25.2 Å². The van der Waals surface area contributed by atoms with Gasteiger partial charge in [-0.3, -0.25) is 9.59 Å². The lowest BCUT2D eigenvalue weighted by atomic mass is 9.77. The summed E-state index contributed by atoms with van der Waals surface area (Å²) in [7, 11) is 0. The Balaban J connectivity index is 1.75. The molecule has 0 radical (unpaired) electrons. The van der Waals surface area contributed by atoms with Crippen molar-refractivity contribution >= 4 is 11.9 Å². The molecule has 3 aliphatic carbocycles. The van der Waals surface area contributed by atoms with Gasteiger partial charge in [-0.1, -0.05) is 52.4 Å². The number of aromatic nitrogens is 1. The Labute approximate surface area is 245 Å². The van der Waals surface area contributed by atoms with Gasteiger partial charge in [0.15, 0.2) is 0 Å². The first kappa shape index (κ1) is 32.0. The van der Waals surface area contributed by atoms with Crippen LogP contribution < -0.4 is 5.32 Å². The fourth-order valence-corrected chi connectivity index (χ4v) is 7.83. The zero-order chi connectivity index (χ0) is 29.5. The van der Waals surface area contributed by atoms with Gasteiger partial charge in [-0.05, 0) is 87.5 Å². The van der Waals surface area contributed by atoms with E-state index in [0.717, 1.165) is 75.5 Å². The lowest BCUT2D eigenvalue weighted by Crippen LogP contribution is -2.37. The Morgan fingerprint density at radius 3 is 2.07 bits per heavy atom. The number of halogens is 1. The van der Waals surface area contributed by atoms with E-state index in [0.29, 0.717) is 31.7 Å². The Bertz CT molecular complexity index is 1000. The molecule has 0 spiro atoms. The van der Waals surface area contributed by atoms with Crippen LogP contribution in [0.15, 0.2) is 0 Å². The number of rotatable bonds is 12. The standard InChI is InChI=1S/C33H53FN2O5/c1-21(2)31-30(33(41)35-25-11-7-4-8-12-25)29(22-9-5-3-6-10-22)32(23-13-15-24(34)16-14-23)36(31)18-17-26(37)19-27(38)20-28(39)40/h21-27,37-38H,3-20H2,1-2H3,(H,35,41)(H,39,40)/t23?,24?,26-,27-/m1/s1. The number of hydrogen-bond donors (Lipinski definition) is 4. The number of carboxylic acids is 1. The van der Waals surface area contributed by atoms with Crippen LogP contribution in [0.4, 0.5) is 4.39 Å². The van der Waals surface area contributed by atoms with Crippen LogP contribution in [0.2, 0.25) is 0 Å². The van der Waals surface area contributed by atoms with Crippen LogP contribution >= 0.6 is 0 Å². The molecule has 1 heterocycles. The van der Waals surface area contributed by atoms with Crippen molar-refractivity contribution in [1.82, 2.24) is 9.88 Å². The molecule has 0 aliphatic heterocycles. The Morgan fingerprint density at radius 2 is 1.49 bits per heavy atom. The second-order valence-corrected chi connectivity index (χ2v) is 13.4. The fraction of sp³-hybridized carbons (Fsp3) is 0.818. The van der Waals surface area contributed by atoms with Crippen LogP contribution in [0.3, 0.4) is 0 Å². The van der Waals surface area contributed by atoms with E-state index < -0.39 is 30.8 Å². The zero-order valence-corrected chi connectivity index (χ0v) is 25.3. The average molecular weight is 577 g/mol. The Hall–Kier alpha value is -1.93. The number of hydrogen-bond acceptors (Lipinski definition) is 4. The van der Waals surface area contributed by atoms with Crippen molar-refractivity contribution in [1.29, 1.82) is 0 Å². The first-order valence-corrected chi connectivity index (χ1v) is 16.4. The van der Waals surface area contributed by atoms with Crippen molar-refractivity contribution in [2.24, 2.45) is 0 Å². The number of carbonyl (C=O) groups excluding carboxylic acids is 1. The molecule has 3 saturated carbocycles. The highest BCUT2D eigenvalue weighted by Gasteiger charge is 2.37. The monoisotopic (exact) mass is 576 g/mol. The van der Waals surface area contributed by atoms with Crippen molar-refractivity contribution in [3.8, 4) is 0 Å². The quantitative estimate of drug-likeness (QED) is 0.221. The number of carboxylic acid groups (broad SMARTS) is 1.